The van der Waals surface area contributed by atoms with Crippen LogP contribution < -0.4 is 5.32 Å². The van der Waals surface area contributed by atoms with Gasteiger partial charge in [0.1, 0.15) is 5.03 Å². The van der Waals surface area contributed by atoms with Crippen LogP contribution in [0.2, 0.25) is 0 Å². The van der Waals surface area contributed by atoms with Crippen molar-refractivity contribution in [1.82, 2.24) is 4.98 Å². The molecule has 1 aliphatic rings. The van der Waals surface area contributed by atoms with Crippen LogP contribution in [0, 0.1) is 5.92 Å². The number of hydrogen-bond acceptors (Lipinski definition) is 4. The fourth-order valence-corrected chi connectivity index (χ4v) is 5.10. The Kier molecular flexibility index (Phi) is 6.48. The first-order chi connectivity index (χ1) is 14.4. The summed E-state index contributed by atoms with van der Waals surface area (Å²) in [4.78, 5) is 16.5. The van der Waals surface area contributed by atoms with E-state index < -0.39 is 27.7 Å². The van der Waals surface area contributed by atoms with Crippen LogP contribution in [0.3, 0.4) is 0 Å². The number of nitrogens with zero attached hydrogens (tertiary/aromatic N) is 1. The normalized spacial score (nSPS) is 18.1. The molecule has 9 heteroatoms. The number of carbonyl (C=O) groups is 1. The van der Waals surface area contributed by atoms with Crippen molar-refractivity contribution in [2.24, 2.45) is 5.92 Å². The lowest BCUT2D eigenvalue weighted by Gasteiger charge is -2.29. The van der Waals surface area contributed by atoms with Crippen LogP contribution in [0.25, 0.3) is 0 Å². The van der Waals surface area contributed by atoms with Crippen molar-refractivity contribution in [1.29, 1.82) is 0 Å². The molecule has 31 heavy (non-hydrogen) atoms. The fourth-order valence-electron chi connectivity index (χ4n) is 3.27. The summed E-state index contributed by atoms with van der Waals surface area (Å²) < 4.78 is 52.1. The number of benzene rings is 1. The zero-order valence-electron chi connectivity index (χ0n) is 17.1. The van der Waals surface area contributed by atoms with Gasteiger partial charge in [-0.1, -0.05) is 25.1 Å². The van der Waals surface area contributed by atoms with Crippen LogP contribution in [0.4, 0.5) is 18.9 Å². The van der Waals surface area contributed by atoms with Crippen molar-refractivity contribution < 1.29 is 27.3 Å². The van der Waals surface area contributed by atoms with Gasteiger partial charge in [-0.2, -0.15) is 13.2 Å². The van der Waals surface area contributed by atoms with E-state index in [1.807, 2.05) is 0 Å². The SMILES string of the molecule is C=S(=O)(CC1CC1)c1ccc(CC(=O)Nc2ccc(C(O)(CC)C(F)(F)F)cc2)cn1. The molecule has 1 fully saturated rings. The van der Waals surface area contributed by atoms with Gasteiger partial charge < -0.3 is 10.4 Å². The van der Waals surface area contributed by atoms with Crippen LogP contribution in [0.1, 0.15) is 37.3 Å². The maximum absolute atomic E-state index is 13.2. The van der Waals surface area contributed by atoms with Crippen molar-refractivity contribution in [3.63, 3.8) is 0 Å². The monoisotopic (exact) mass is 454 g/mol. The van der Waals surface area contributed by atoms with Crippen LogP contribution in [0.15, 0.2) is 47.6 Å². The quantitative estimate of drug-likeness (QED) is 0.593. The summed E-state index contributed by atoms with van der Waals surface area (Å²) in [6.45, 7) is 1.25. The van der Waals surface area contributed by atoms with E-state index in [-0.39, 0.29) is 17.9 Å². The standard InChI is InChI=1S/C22H25F3N2O3S/c1-3-21(29,22(23,24)25)17-7-9-18(10-8-17)27-19(28)12-16-6-11-20(26-13-16)31(2,30)14-15-4-5-15/h6-11,13,15,29H,2-5,12,14H2,1H3,(H,27,28). The zero-order chi connectivity index (χ0) is 22.9. The Morgan fingerprint density at radius 2 is 1.87 bits per heavy atom. The predicted octanol–water partition coefficient (Wildman–Crippen LogP) is 3.91. The van der Waals surface area contributed by atoms with Gasteiger partial charge >= 0.3 is 6.18 Å². The van der Waals surface area contributed by atoms with Gasteiger partial charge in [-0.15, -0.1) is 0 Å². The number of rotatable bonds is 8. The molecule has 1 saturated carbocycles. The first-order valence-corrected chi connectivity index (χ1v) is 11.8. The summed E-state index contributed by atoms with van der Waals surface area (Å²) in [6, 6.07) is 8.22. The number of halogens is 3. The van der Waals surface area contributed by atoms with Gasteiger partial charge in [0.15, 0.2) is 5.60 Å². The lowest BCUT2D eigenvalue weighted by molar-refractivity contribution is -0.267. The zero-order valence-corrected chi connectivity index (χ0v) is 17.9. The summed E-state index contributed by atoms with van der Waals surface area (Å²) >= 11 is 0. The molecule has 2 atom stereocenters. The van der Waals surface area contributed by atoms with E-state index in [1.165, 1.54) is 25.3 Å². The molecule has 0 radical (unpaired) electrons. The van der Waals surface area contributed by atoms with Gasteiger partial charge in [0.25, 0.3) is 0 Å². The van der Waals surface area contributed by atoms with Gasteiger partial charge in [0, 0.05) is 27.2 Å². The second-order valence-corrected chi connectivity index (χ2v) is 10.3. The van der Waals surface area contributed by atoms with Gasteiger partial charge in [-0.25, -0.2) is 4.98 Å². The Balaban J connectivity index is 1.62. The molecule has 0 bridgehead atoms. The largest absolute Gasteiger partial charge is 0.421 e. The molecule has 0 spiro atoms. The average Bonchev–Trinajstić information content (AvgIpc) is 3.50. The summed E-state index contributed by atoms with van der Waals surface area (Å²) in [5.41, 5.74) is -2.31. The number of nitrogens with one attached hydrogen (secondary N) is 1. The third-order valence-electron chi connectivity index (χ3n) is 5.37. The molecule has 2 N–H and O–H groups in total. The van der Waals surface area contributed by atoms with E-state index in [2.05, 4.69) is 16.2 Å². The summed E-state index contributed by atoms with van der Waals surface area (Å²) in [7, 11) is -2.43. The number of aromatic nitrogens is 1. The maximum Gasteiger partial charge on any atom is 0.421 e. The first kappa shape index (κ1) is 23.3. The maximum atomic E-state index is 13.2. The highest BCUT2D eigenvalue weighted by molar-refractivity contribution is 8.00. The fraction of sp³-hybridized carbons (Fsp3) is 0.409. The molecule has 3 rings (SSSR count). The lowest BCUT2D eigenvalue weighted by atomic mass is 9.90. The number of carbonyl (C=O) groups excluding carboxylic acids is 1. The molecule has 1 aromatic heterocycles. The second-order valence-electron chi connectivity index (χ2n) is 7.94. The van der Waals surface area contributed by atoms with E-state index in [1.54, 1.807) is 12.1 Å². The molecule has 5 nitrogen and oxygen atoms in total. The smallest absolute Gasteiger partial charge is 0.376 e. The third kappa shape index (κ3) is 5.46. The second kappa shape index (κ2) is 8.63. The molecule has 0 saturated heterocycles. The van der Waals surface area contributed by atoms with Crippen molar-refractivity contribution in [2.75, 3.05) is 11.1 Å². The number of anilines is 1. The van der Waals surface area contributed by atoms with Gasteiger partial charge in [-0.05, 0) is 60.4 Å². The first-order valence-electron chi connectivity index (χ1n) is 9.94. The number of pyridine rings is 1. The molecule has 1 aliphatic carbocycles. The van der Waals surface area contributed by atoms with Gasteiger partial charge in [-0.3, -0.25) is 9.00 Å². The number of hydrogen-bond donors (Lipinski definition) is 2. The van der Waals surface area contributed by atoms with Crippen LogP contribution in [0.5, 0.6) is 0 Å². The van der Waals surface area contributed by atoms with E-state index >= 15 is 0 Å². The number of aliphatic hydroxyl groups is 1. The van der Waals surface area contributed by atoms with E-state index in [9.17, 15) is 27.3 Å². The average molecular weight is 455 g/mol. The summed E-state index contributed by atoms with van der Waals surface area (Å²) in [5, 5.41) is 13.0. The molecule has 1 amide bonds. The van der Waals surface area contributed by atoms with Crippen molar-refractivity contribution in [2.45, 2.75) is 49.4 Å². The van der Waals surface area contributed by atoms with E-state index in [0.29, 0.717) is 27.9 Å². The van der Waals surface area contributed by atoms with Gasteiger partial charge in [0.05, 0.1) is 6.42 Å². The summed E-state index contributed by atoms with van der Waals surface area (Å²) in [6.07, 6.45) is -1.70. The minimum Gasteiger partial charge on any atom is -0.376 e. The van der Waals surface area contributed by atoms with Crippen LogP contribution in [-0.2, 0) is 26.3 Å². The third-order valence-corrected chi connectivity index (χ3v) is 7.39. The topological polar surface area (TPSA) is 79.3 Å². The minimum atomic E-state index is -4.80. The van der Waals surface area contributed by atoms with Crippen molar-refractivity contribution in [3.05, 3.63) is 53.7 Å². The molecular weight excluding hydrogens is 429 g/mol. The highest BCUT2D eigenvalue weighted by Crippen LogP contribution is 2.41. The van der Waals surface area contributed by atoms with Gasteiger partial charge in [0.2, 0.25) is 5.91 Å². The van der Waals surface area contributed by atoms with Crippen molar-refractivity contribution in [3.8, 4) is 0 Å². The summed E-state index contributed by atoms with van der Waals surface area (Å²) in [5.74, 6) is 4.41. The molecular formula is C22H25F3N2O3S. The highest BCUT2D eigenvalue weighted by Gasteiger charge is 2.53. The Bertz CT molecular complexity index is 1030. The number of alkyl halides is 3. The Morgan fingerprint density at radius 1 is 1.23 bits per heavy atom. The highest BCUT2D eigenvalue weighted by atomic mass is 32.2. The molecule has 1 heterocycles. The minimum absolute atomic E-state index is 0.00254. The lowest BCUT2D eigenvalue weighted by Crippen LogP contribution is -2.41. The van der Waals surface area contributed by atoms with E-state index in [0.717, 1.165) is 25.0 Å². The molecule has 2 unspecified atom stereocenters. The molecule has 1 aromatic carbocycles. The number of amides is 1. The molecule has 168 valence electrons. The molecule has 2 aromatic rings. The predicted molar refractivity (Wildman–Crippen MR) is 114 cm³/mol. The van der Waals surface area contributed by atoms with Crippen LogP contribution in [-0.4, -0.2) is 38.0 Å². The Morgan fingerprint density at radius 3 is 2.35 bits per heavy atom. The van der Waals surface area contributed by atoms with Crippen molar-refractivity contribution >= 4 is 27.0 Å². The Labute approximate surface area is 179 Å². The molecule has 0 aliphatic heterocycles. The van der Waals surface area contributed by atoms with E-state index in [4.69, 9.17) is 0 Å². The van der Waals surface area contributed by atoms with Crippen LogP contribution >= 0.6 is 0 Å². The Hall–Kier alpha value is -2.39.